The van der Waals surface area contributed by atoms with Crippen LogP contribution < -0.4 is 0 Å². The number of unbranched alkanes of at least 4 members (excludes halogenated alkanes) is 1. The third-order valence-electron chi connectivity index (χ3n) is 0.907. The highest BCUT2D eigenvalue weighted by Gasteiger charge is 1.77. The van der Waals surface area contributed by atoms with Gasteiger partial charge in [0.2, 0.25) is 0 Å². The fourth-order valence-electron chi connectivity index (χ4n) is 0.480. The smallest absolute Gasteiger partial charge is 0.0897 e. The van der Waals surface area contributed by atoms with Crippen molar-refractivity contribution >= 4 is 0 Å². The minimum atomic E-state index is -0.186. The van der Waals surface area contributed by atoms with Gasteiger partial charge in [0.25, 0.3) is 0 Å². The minimum Gasteiger partial charge on any atom is -0.251 e. The van der Waals surface area contributed by atoms with Gasteiger partial charge in [-0.3, -0.25) is 4.39 Å². The first-order valence-electron chi connectivity index (χ1n) is 3.12. The molecule has 0 bridgehead atoms. The number of rotatable bonds is 4. The highest BCUT2D eigenvalue weighted by molar-refractivity contribution is 4.79. The van der Waals surface area contributed by atoms with Crippen LogP contribution in [-0.4, -0.2) is 6.67 Å². The van der Waals surface area contributed by atoms with Crippen LogP contribution in [0.5, 0.6) is 0 Å². The first kappa shape index (κ1) is 7.67. The summed E-state index contributed by atoms with van der Waals surface area (Å²) in [6.45, 7) is 1.89. The Kier molecular flexibility index (Phi) is 6.39. The van der Waals surface area contributed by atoms with Gasteiger partial charge >= 0.3 is 0 Å². The largest absolute Gasteiger partial charge is 0.251 e. The lowest BCUT2D eigenvalue weighted by Gasteiger charge is -1.83. The zero-order valence-corrected chi connectivity index (χ0v) is 5.36. The second kappa shape index (κ2) is 6.67. The van der Waals surface area contributed by atoms with Crippen molar-refractivity contribution in [3.8, 4) is 0 Å². The van der Waals surface area contributed by atoms with Crippen molar-refractivity contribution < 1.29 is 4.39 Å². The molecule has 0 aliphatic heterocycles. The molecule has 0 aliphatic carbocycles. The Labute approximate surface area is 50.4 Å². The average Bonchev–Trinajstić information content (AvgIpc) is 1.81. The number of alkyl halides is 1. The summed E-state index contributed by atoms with van der Waals surface area (Å²) in [6.07, 6.45) is 6.72. The van der Waals surface area contributed by atoms with Crippen LogP contribution in [0.25, 0.3) is 0 Å². The van der Waals surface area contributed by atoms with Crippen LogP contribution in [0.1, 0.15) is 26.2 Å². The second-order valence-corrected chi connectivity index (χ2v) is 1.71. The quantitative estimate of drug-likeness (QED) is 0.391. The van der Waals surface area contributed by atoms with E-state index in [0.717, 1.165) is 12.8 Å². The van der Waals surface area contributed by atoms with Gasteiger partial charge in [0.15, 0.2) is 0 Å². The molecule has 48 valence electrons. The molecule has 0 aromatic rings. The predicted octanol–water partition coefficient (Wildman–Crippen LogP) is 2.70. The lowest BCUT2D eigenvalue weighted by Crippen LogP contribution is -1.70. The van der Waals surface area contributed by atoms with E-state index in [1.165, 1.54) is 0 Å². The maximum absolute atomic E-state index is 11.4. The fourth-order valence-corrected chi connectivity index (χ4v) is 0.480. The molecule has 0 radical (unpaired) electrons. The number of halogens is 1. The fraction of sp³-hybridized carbons (Fsp3) is 0.714. The molecule has 0 amide bonds. The van der Waals surface area contributed by atoms with E-state index in [1.54, 1.807) is 0 Å². The van der Waals surface area contributed by atoms with Crippen LogP contribution in [0.4, 0.5) is 4.39 Å². The molecule has 0 spiro atoms. The SMILES string of the molecule is CCC=CCCCF. The van der Waals surface area contributed by atoms with Crippen LogP contribution in [0, 0.1) is 0 Å². The summed E-state index contributed by atoms with van der Waals surface area (Å²) in [5.74, 6) is 0. The molecule has 0 heterocycles. The summed E-state index contributed by atoms with van der Waals surface area (Å²) in [7, 11) is 0. The molecule has 0 saturated carbocycles. The Morgan fingerprint density at radius 2 is 2.12 bits per heavy atom. The lowest BCUT2D eigenvalue weighted by molar-refractivity contribution is 0.475. The van der Waals surface area contributed by atoms with Crippen LogP contribution >= 0.6 is 0 Å². The van der Waals surface area contributed by atoms with E-state index in [4.69, 9.17) is 0 Å². The van der Waals surface area contributed by atoms with E-state index >= 15 is 0 Å². The summed E-state index contributed by atoms with van der Waals surface area (Å²) >= 11 is 0. The predicted molar refractivity (Wildman–Crippen MR) is 34.6 cm³/mol. The van der Waals surface area contributed by atoms with Gasteiger partial charge in [0.05, 0.1) is 6.67 Å². The molecule has 0 atom stereocenters. The zero-order chi connectivity index (χ0) is 6.24. The molecule has 0 unspecified atom stereocenters. The zero-order valence-electron chi connectivity index (χ0n) is 5.36. The Bertz CT molecular complexity index is 57.4. The van der Waals surface area contributed by atoms with Gasteiger partial charge in [0.1, 0.15) is 0 Å². The van der Waals surface area contributed by atoms with Gasteiger partial charge in [-0.05, 0) is 19.3 Å². The molecular weight excluding hydrogens is 103 g/mol. The highest BCUT2D eigenvalue weighted by Crippen LogP contribution is 1.91. The second-order valence-electron chi connectivity index (χ2n) is 1.71. The Morgan fingerprint density at radius 1 is 1.38 bits per heavy atom. The maximum atomic E-state index is 11.4. The van der Waals surface area contributed by atoms with Crippen LogP contribution in [0.15, 0.2) is 12.2 Å². The van der Waals surface area contributed by atoms with Gasteiger partial charge < -0.3 is 0 Å². The van der Waals surface area contributed by atoms with E-state index < -0.39 is 0 Å². The summed E-state index contributed by atoms with van der Waals surface area (Å²) in [5, 5.41) is 0. The van der Waals surface area contributed by atoms with Gasteiger partial charge in [-0.2, -0.15) is 0 Å². The van der Waals surface area contributed by atoms with Gasteiger partial charge in [-0.25, -0.2) is 0 Å². The monoisotopic (exact) mass is 116 g/mol. The number of hydrogen-bond acceptors (Lipinski definition) is 0. The van der Waals surface area contributed by atoms with E-state index in [0.29, 0.717) is 6.42 Å². The molecule has 0 aromatic heterocycles. The van der Waals surface area contributed by atoms with Gasteiger partial charge in [-0.15, -0.1) is 0 Å². The summed E-state index contributed by atoms with van der Waals surface area (Å²) in [4.78, 5) is 0. The van der Waals surface area contributed by atoms with E-state index in [1.807, 2.05) is 6.08 Å². The van der Waals surface area contributed by atoms with Crippen molar-refractivity contribution in [1.29, 1.82) is 0 Å². The molecular formula is C7H13F. The third-order valence-corrected chi connectivity index (χ3v) is 0.907. The van der Waals surface area contributed by atoms with E-state index in [-0.39, 0.29) is 6.67 Å². The summed E-state index contributed by atoms with van der Waals surface area (Å²) in [5.41, 5.74) is 0. The lowest BCUT2D eigenvalue weighted by atomic mass is 10.3. The first-order valence-corrected chi connectivity index (χ1v) is 3.12. The summed E-state index contributed by atoms with van der Waals surface area (Å²) < 4.78 is 11.4. The maximum Gasteiger partial charge on any atom is 0.0897 e. The summed E-state index contributed by atoms with van der Waals surface area (Å²) in [6, 6.07) is 0. The molecule has 8 heavy (non-hydrogen) atoms. The molecule has 0 nitrogen and oxygen atoms in total. The Balaban J connectivity index is 2.80. The van der Waals surface area contributed by atoms with Crippen LogP contribution in [0.2, 0.25) is 0 Å². The first-order chi connectivity index (χ1) is 3.91. The van der Waals surface area contributed by atoms with Crippen LogP contribution in [-0.2, 0) is 0 Å². The van der Waals surface area contributed by atoms with Crippen molar-refractivity contribution in [3.05, 3.63) is 12.2 Å². The van der Waals surface area contributed by atoms with Crippen LogP contribution in [0.3, 0.4) is 0 Å². The van der Waals surface area contributed by atoms with E-state index in [2.05, 4.69) is 13.0 Å². The van der Waals surface area contributed by atoms with Gasteiger partial charge in [0, 0.05) is 0 Å². The molecule has 0 N–H and O–H groups in total. The van der Waals surface area contributed by atoms with Crippen molar-refractivity contribution in [2.45, 2.75) is 26.2 Å². The normalized spacial score (nSPS) is 10.8. The minimum absolute atomic E-state index is 0.186. The molecule has 0 saturated heterocycles. The Hall–Kier alpha value is -0.330. The number of hydrogen-bond donors (Lipinski definition) is 0. The van der Waals surface area contributed by atoms with Crippen molar-refractivity contribution in [3.63, 3.8) is 0 Å². The highest BCUT2D eigenvalue weighted by atomic mass is 19.1. The van der Waals surface area contributed by atoms with E-state index in [9.17, 15) is 4.39 Å². The van der Waals surface area contributed by atoms with Crippen molar-refractivity contribution in [1.82, 2.24) is 0 Å². The van der Waals surface area contributed by atoms with Crippen molar-refractivity contribution in [2.75, 3.05) is 6.67 Å². The molecule has 0 aliphatic rings. The molecule has 0 aromatic carbocycles. The van der Waals surface area contributed by atoms with Gasteiger partial charge in [-0.1, -0.05) is 19.1 Å². The topological polar surface area (TPSA) is 0 Å². The number of allylic oxidation sites excluding steroid dienone is 2. The Morgan fingerprint density at radius 3 is 2.62 bits per heavy atom. The molecule has 0 fully saturated rings. The average molecular weight is 116 g/mol. The molecule has 0 rings (SSSR count). The molecule has 1 heteroatoms. The third kappa shape index (κ3) is 5.67. The van der Waals surface area contributed by atoms with Crippen molar-refractivity contribution in [2.24, 2.45) is 0 Å². The standard InChI is InChI=1S/C7H13F/c1-2-3-4-5-6-7-8/h3-4H,2,5-7H2,1H3.